The molecule has 3 rings (SSSR count). The zero-order valence-electron chi connectivity index (χ0n) is 18.3. The number of aromatic nitrogens is 2. The van der Waals surface area contributed by atoms with Crippen LogP contribution < -0.4 is 10.6 Å². The Balaban J connectivity index is 1.45. The number of para-hydroxylation sites is 1. The Morgan fingerprint density at radius 1 is 1.23 bits per heavy atom. The molecular weight excluding hydrogens is 378 g/mol. The average Bonchev–Trinajstić information content (AvgIpc) is 3.36. The van der Waals surface area contributed by atoms with Crippen LogP contribution in [-0.4, -0.2) is 41.4 Å². The van der Waals surface area contributed by atoms with Gasteiger partial charge in [0.1, 0.15) is 6.10 Å². The first kappa shape index (κ1) is 21.9. The standard InChI is InChI=1S/C23H33N5O2/c1-17-15-18(2)28(27-17)21-12-7-4-9-19(21)16-26-23(24-3)25-14-8-13-22(29)30-20-10-5-6-11-20/h4,7,9,12,15,20H,5-6,8,10-11,13-14,16H2,1-3H3,(H2,24,25,26). The third-order valence-corrected chi connectivity index (χ3v) is 5.35. The van der Waals surface area contributed by atoms with E-state index in [1.165, 1.54) is 12.8 Å². The monoisotopic (exact) mass is 411 g/mol. The number of aryl methyl sites for hydroxylation is 2. The van der Waals surface area contributed by atoms with Crippen molar-refractivity contribution in [3.63, 3.8) is 0 Å². The lowest BCUT2D eigenvalue weighted by molar-refractivity contribution is -0.148. The van der Waals surface area contributed by atoms with E-state index in [1.54, 1.807) is 7.05 Å². The molecule has 1 heterocycles. The number of hydrogen-bond donors (Lipinski definition) is 2. The summed E-state index contributed by atoms with van der Waals surface area (Å²) in [5, 5.41) is 11.2. The molecule has 0 atom stereocenters. The van der Waals surface area contributed by atoms with E-state index in [2.05, 4.69) is 45.8 Å². The molecule has 7 nitrogen and oxygen atoms in total. The Kier molecular flexibility index (Phi) is 7.88. The fourth-order valence-corrected chi connectivity index (χ4v) is 3.83. The maximum absolute atomic E-state index is 11.9. The van der Waals surface area contributed by atoms with Crippen LogP contribution in [0.4, 0.5) is 0 Å². The lowest BCUT2D eigenvalue weighted by atomic mass is 10.1. The summed E-state index contributed by atoms with van der Waals surface area (Å²) in [6, 6.07) is 10.3. The quantitative estimate of drug-likeness (QED) is 0.301. The molecule has 0 saturated heterocycles. The van der Waals surface area contributed by atoms with Crippen LogP contribution in [0.3, 0.4) is 0 Å². The topological polar surface area (TPSA) is 80.5 Å². The number of hydrogen-bond acceptors (Lipinski definition) is 4. The van der Waals surface area contributed by atoms with Gasteiger partial charge in [-0.15, -0.1) is 0 Å². The third-order valence-electron chi connectivity index (χ3n) is 5.35. The van der Waals surface area contributed by atoms with Gasteiger partial charge in [-0.25, -0.2) is 4.68 Å². The predicted octanol–water partition coefficient (Wildman–Crippen LogP) is 3.42. The summed E-state index contributed by atoms with van der Waals surface area (Å²) in [6.07, 6.45) is 5.66. The summed E-state index contributed by atoms with van der Waals surface area (Å²) in [4.78, 5) is 16.2. The Morgan fingerprint density at radius 2 is 2.00 bits per heavy atom. The van der Waals surface area contributed by atoms with Gasteiger partial charge in [0.25, 0.3) is 0 Å². The molecule has 0 amide bonds. The Bertz CT molecular complexity index is 868. The van der Waals surface area contributed by atoms with Gasteiger partial charge in [0, 0.05) is 32.3 Å². The van der Waals surface area contributed by atoms with Crippen molar-refractivity contribution in [1.29, 1.82) is 0 Å². The van der Waals surface area contributed by atoms with Crippen molar-refractivity contribution in [3.8, 4) is 5.69 Å². The highest BCUT2D eigenvalue weighted by molar-refractivity contribution is 5.79. The predicted molar refractivity (Wildman–Crippen MR) is 119 cm³/mol. The number of rotatable bonds is 8. The average molecular weight is 412 g/mol. The van der Waals surface area contributed by atoms with Crippen LogP contribution in [0, 0.1) is 13.8 Å². The molecule has 30 heavy (non-hydrogen) atoms. The van der Waals surface area contributed by atoms with E-state index in [0.29, 0.717) is 31.9 Å². The third kappa shape index (κ3) is 6.08. The normalized spacial score (nSPS) is 14.7. The van der Waals surface area contributed by atoms with Crippen molar-refractivity contribution in [1.82, 2.24) is 20.4 Å². The highest BCUT2D eigenvalue weighted by Crippen LogP contribution is 2.21. The van der Waals surface area contributed by atoms with Crippen molar-refractivity contribution in [2.24, 2.45) is 4.99 Å². The zero-order chi connectivity index (χ0) is 21.3. The van der Waals surface area contributed by atoms with Gasteiger partial charge in [0.15, 0.2) is 5.96 Å². The Morgan fingerprint density at radius 3 is 2.70 bits per heavy atom. The second-order valence-corrected chi connectivity index (χ2v) is 7.82. The minimum atomic E-state index is -0.0922. The molecule has 1 aromatic carbocycles. The fourth-order valence-electron chi connectivity index (χ4n) is 3.83. The first-order valence-electron chi connectivity index (χ1n) is 10.8. The molecular formula is C23H33N5O2. The highest BCUT2D eigenvalue weighted by atomic mass is 16.5. The van der Waals surface area contributed by atoms with E-state index >= 15 is 0 Å². The summed E-state index contributed by atoms with van der Waals surface area (Å²) >= 11 is 0. The number of esters is 1. The summed E-state index contributed by atoms with van der Waals surface area (Å²) in [7, 11) is 1.75. The lowest BCUT2D eigenvalue weighted by Crippen LogP contribution is -2.37. The van der Waals surface area contributed by atoms with Crippen LogP contribution in [0.5, 0.6) is 0 Å². The van der Waals surface area contributed by atoms with Gasteiger partial charge >= 0.3 is 5.97 Å². The molecule has 1 aliphatic carbocycles. The van der Waals surface area contributed by atoms with Crippen molar-refractivity contribution in [3.05, 3.63) is 47.3 Å². The van der Waals surface area contributed by atoms with Crippen LogP contribution in [0.2, 0.25) is 0 Å². The van der Waals surface area contributed by atoms with Gasteiger partial charge in [-0.05, 0) is 63.6 Å². The summed E-state index contributed by atoms with van der Waals surface area (Å²) in [5.74, 6) is 0.618. The first-order chi connectivity index (χ1) is 14.6. The number of carbonyl (C=O) groups is 1. The van der Waals surface area contributed by atoms with Gasteiger partial charge in [-0.2, -0.15) is 5.10 Å². The van der Waals surface area contributed by atoms with Crippen molar-refractivity contribution in [2.45, 2.75) is 65.0 Å². The van der Waals surface area contributed by atoms with Gasteiger partial charge in [-0.1, -0.05) is 18.2 Å². The van der Waals surface area contributed by atoms with E-state index in [0.717, 1.165) is 35.5 Å². The van der Waals surface area contributed by atoms with Crippen LogP contribution in [0.25, 0.3) is 5.69 Å². The molecule has 7 heteroatoms. The number of ether oxygens (including phenoxy) is 1. The zero-order valence-corrected chi connectivity index (χ0v) is 18.3. The summed E-state index contributed by atoms with van der Waals surface area (Å²) < 4.78 is 7.47. The maximum atomic E-state index is 11.9. The van der Waals surface area contributed by atoms with Gasteiger partial charge in [0.05, 0.1) is 11.4 Å². The molecule has 162 valence electrons. The fraction of sp³-hybridized carbons (Fsp3) is 0.522. The highest BCUT2D eigenvalue weighted by Gasteiger charge is 2.18. The molecule has 1 saturated carbocycles. The number of aliphatic imine (C=N–C) groups is 1. The molecule has 0 bridgehead atoms. The van der Waals surface area contributed by atoms with Gasteiger partial charge < -0.3 is 15.4 Å². The van der Waals surface area contributed by atoms with E-state index in [1.807, 2.05) is 23.7 Å². The minimum absolute atomic E-state index is 0.0922. The van der Waals surface area contributed by atoms with Crippen molar-refractivity contribution in [2.75, 3.05) is 13.6 Å². The van der Waals surface area contributed by atoms with Crippen LogP contribution in [0.15, 0.2) is 35.3 Å². The van der Waals surface area contributed by atoms with E-state index in [9.17, 15) is 4.79 Å². The van der Waals surface area contributed by atoms with Crippen molar-refractivity contribution < 1.29 is 9.53 Å². The summed E-state index contributed by atoms with van der Waals surface area (Å²) in [6.45, 7) is 5.35. The van der Waals surface area contributed by atoms with Gasteiger partial charge in [0.2, 0.25) is 0 Å². The number of nitrogens with zero attached hydrogens (tertiary/aromatic N) is 3. The number of benzene rings is 1. The number of carbonyl (C=O) groups excluding carboxylic acids is 1. The number of guanidine groups is 1. The van der Waals surface area contributed by atoms with E-state index in [4.69, 9.17) is 4.74 Å². The molecule has 2 N–H and O–H groups in total. The molecule has 0 unspecified atom stereocenters. The molecule has 1 aliphatic rings. The van der Waals surface area contributed by atoms with E-state index < -0.39 is 0 Å². The molecule has 2 aromatic rings. The molecule has 1 aromatic heterocycles. The second kappa shape index (κ2) is 10.8. The minimum Gasteiger partial charge on any atom is -0.462 e. The van der Waals surface area contributed by atoms with E-state index in [-0.39, 0.29) is 12.1 Å². The molecule has 0 aliphatic heterocycles. The first-order valence-corrected chi connectivity index (χ1v) is 10.8. The largest absolute Gasteiger partial charge is 0.462 e. The van der Waals surface area contributed by atoms with Crippen LogP contribution >= 0.6 is 0 Å². The van der Waals surface area contributed by atoms with Crippen molar-refractivity contribution >= 4 is 11.9 Å². The Labute approximate surface area is 178 Å². The SMILES string of the molecule is CN=C(NCCCC(=O)OC1CCCC1)NCc1ccccc1-n1nc(C)cc1C. The maximum Gasteiger partial charge on any atom is 0.306 e. The summed E-state index contributed by atoms with van der Waals surface area (Å²) in [5.41, 5.74) is 4.29. The molecule has 0 radical (unpaired) electrons. The lowest BCUT2D eigenvalue weighted by Gasteiger charge is -2.15. The van der Waals surface area contributed by atoms with Crippen LogP contribution in [0.1, 0.15) is 55.5 Å². The Hall–Kier alpha value is -2.83. The molecule has 0 spiro atoms. The molecule has 1 fully saturated rings. The van der Waals surface area contributed by atoms with Gasteiger partial charge in [-0.3, -0.25) is 9.79 Å². The second-order valence-electron chi connectivity index (χ2n) is 7.82. The van der Waals surface area contributed by atoms with Crippen LogP contribution in [-0.2, 0) is 16.1 Å². The smallest absolute Gasteiger partial charge is 0.306 e. The number of nitrogens with one attached hydrogen (secondary N) is 2.